The van der Waals surface area contributed by atoms with Crippen LogP contribution in [-0.4, -0.2) is 24.4 Å². The molecule has 2 aromatic rings. The third kappa shape index (κ3) is 3.56. The topological polar surface area (TPSA) is 27.7 Å². The maximum Gasteiger partial charge on any atom is 0.494 e. The molecule has 4 rings (SSSR count). The van der Waals surface area contributed by atoms with Gasteiger partial charge in [0, 0.05) is 6.42 Å². The molecule has 0 unspecified atom stereocenters. The molecule has 0 N–H and O–H groups in total. The summed E-state index contributed by atoms with van der Waals surface area (Å²) in [6.45, 7) is 8.16. The van der Waals surface area contributed by atoms with Crippen molar-refractivity contribution in [3.63, 3.8) is 0 Å². The Labute approximate surface area is 165 Å². The van der Waals surface area contributed by atoms with Crippen molar-refractivity contribution >= 4 is 12.6 Å². The highest BCUT2D eigenvalue weighted by molar-refractivity contribution is 6.62. The highest BCUT2D eigenvalue weighted by Crippen LogP contribution is 2.37. The van der Waals surface area contributed by atoms with E-state index < -0.39 is 18.8 Å². The molecule has 2 aliphatic heterocycles. The Morgan fingerprint density at radius 3 is 2.36 bits per heavy atom. The molecule has 0 bridgehead atoms. The molecular formula is C22H25BF2O3. The van der Waals surface area contributed by atoms with Crippen molar-refractivity contribution in [2.45, 2.75) is 64.3 Å². The second-order valence-electron chi connectivity index (χ2n) is 8.69. The van der Waals surface area contributed by atoms with Crippen LogP contribution < -0.4 is 10.2 Å². The zero-order chi connectivity index (χ0) is 20.1. The summed E-state index contributed by atoms with van der Waals surface area (Å²) in [7, 11) is -0.393. The SMILES string of the molecule is CC1(C)OB(c2ccc3c(c2)CC[C@H](Cc2ccc(F)c(F)c2)O3)OC1(C)C. The highest BCUT2D eigenvalue weighted by atomic mass is 19.2. The van der Waals surface area contributed by atoms with Crippen LogP contribution in [0.1, 0.15) is 45.2 Å². The minimum absolute atomic E-state index is 0.0555. The van der Waals surface area contributed by atoms with Crippen molar-refractivity contribution in [2.24, 2.45) is 0 Å². The van der Waals surface area contributed by atoms with Gasteiger partial charge in [0.15, 0.2) is 11.6 Å². The molecule has 0 radical (unpaired) electrons. The Bertz CT molecular complexity index is 881. The lowest BCUT2D eigenvalue weighted by molar-refractivity contribution is 0.00578. The van der Waals surface area contributed by atoms with Crippen LogP contribution in [0.2, 0.25) is 0 Å². The summed E-state index contributed by atoms with van der Waals surface area (Å²) >= 11 is 0. The molecular weight excluding hydrogens is 361 g/mol. The minimum Gasteiger partial charge on any atom is -0.490 e. The maximum atomic E-state index is 13.4. The maximum absolute atomic E-state index is 13.4. The number of halogens is 2. The summed E-state index contributed by atoms with van der Waals surface area (Å²) in [6.07, 6.45) is 2.17. The average molecular weight is 386 g/mol. The Balaban J connectivity index is 1.47. The van der Waals surface area contributed by atoms with Crippen LogP contribution in [0.3, 0.4) is 0 Å². The van der Waals surface area contributed by atoms with Crippen LogP contribution in [0, 0.1) is 11.6 Å². The molecule has 148 valence electrons. The van der Waals surface area contributed by atoms with Gasteiger partial charge in [0.05, 0.1) is 11.2 Å². The molecule has 28 heavy (non-hydrogen) atoms. The van der Waals surface area contributed by atoms with Crippen LogP contribution in [0.15, 0.2) is 36.4 Å². The van der Waals surface area contributed by atoms with Crippen molar-refractivity contribution < 1.29 is 22.8 Å². The van der Waals surface area contributed by atoms with E-state index in [4.69, 9.17) is 14.0 Å². The van der Waals surface area contributed by atoms with E-state index in [1.165, 1.54) is 6.07 Å². The molecule has 6 heteroatoms. The fraction of sp³-hybridized carbons (Fsp3) is 0.455. The third-order valence-electron chi connectivity index (χ3n) is 6.09. The van der Waals surface area contributed by atoms with Gasteiger partial charge in [-0.1, -0.05) is 18.2 Å². The van der Waals surface area contributed by atoms with E-state index in [1.807, 2.05) is 39.8 Å². The van der Waals surface area contributed by atoms with E-state index in [9.17, 15) is 8.78 Å². The first-order valence-corrected chi connectivity index (χ1v) is 9.74. The normalized spacial score (nSPS) is 22.6. The van der Waals surface area contributed by atoms with E-state index in [0.29, 0.717) is 6.42 Å². The predicted molar refractivity (Wildman–Crippen MR) is 105 cm³/mol. The van der Waals surface area contributed by atoms with Crippen molar-refractivity contribution in [3.8, 4) is 5.75 Å². The van der Waals surface area contributed by atoms with Crippen molar-refractivity contribution in [3.05, 3.63) is 59.2 Å². The first-order valence-electron chi connectivity index (χ1n) is 9.74. The van der Waals surface area contributed by atoms with Crippen LogP contribution in [0.5, 0.6) is 5.75 Å². The lowest BCUT2D eigenvalue weighted by Gasteiger charge is -2.32. The number of fused-ring (bicyclic) bond motifs is 1. The Kier molecular flexibility index (Phi) is 4.75. The molecule has 0 saturated carbocycles. The van der Waals surface area contributed by atoms with Gasteiger partial charge < -0.3 is 14.0 Å². The first kappa shape index (κ1) is 19.4. The molecule has 2 aromatic carbocycles. The summed E-state index contributed by atoms with van der Waals surface area (Å²) < 4.78 is 44.9. The van der Waals surface area contributed by atoms with Gasteiger partial charge in [-0.25, -0.2) is 8.78 Å². The van der Waals surface area contributed by atoms with Crippen LogP contribution in [0.4, 0.5) is 8.78 Å². The lowest BCUT2D eigenvalue weighted by Crippen LogP contribution is -2.41. The van der Waals surface area contributed by atoms with Gasteiger partial charge in [-0.2, -0.15) is 0 Å². The standard InChI is InChI=1S/C22H25BF2O3/c1-21(2)22(3,4)28-23(27-21)16-7-10-20-15(13-16)6-8-17(26-20)11-14-5-9-18(24)19(25)12-14/h5,7,9-10,12-13,17H,6,8,11H2,1-4H3/t17-/m1/s1. The molecule has 2 aliphatic rings. The molecule has 0 aromatic heterocycles. The molecule has 1 saturated heterocycles. The second kappa shape index (κ2) is 6.85. The number of hydrogen-bond donors (Lipinski definition) is 0. The van der Waals surface area contributed by atoms with E-state index in [2.05, 4.69) is 6.07 Å². The zero-order valence-electron chi connectivity index (χ0n) is 16.7. The molecule has 3 nitrogen and oxygen atoms in total. The quantitative estimate of drug-likeness (QED) is 0.741. The molecule has 1 fully saturated rings. The van der Waals surface area contributed by atoms with Gasteiger partial charge in [-0.15, -0.1) is 0 Å². The molecule has 2 heterocycles. The van der Waals surface area contributed by atoms with E-state index in [0.717, 1.165) is 41.2 Å². The summed E-state index contributed by atoms with van der Waals surface area (Å²) in [4.78, 5) is 0. The summed E-state index contributed by atoms with van der Waals surface area (Å²) in [6, 6.07) is 10.0. The van der Waals surface area contributed by atoms with Crippen molar-refractivity contribution in [1.82, 2.24) is 0 Å². The van der Waals surface area contributed by atoms with Crippen LogP contribution in [-0.2, 0) is 22.2 Å². The number of hydrogen-bond acceptors (Lipinski definition) is 3. The van der Waals surface area contributed by atoms with E-state index >= 15 is 0 Å². The van der Waals surface area contributed by atoms with Gasteiger partial charge in [0.1, 0.15) is 11.9 Å². The molecule has 0 amide bonds. The van der Waals surface area contributed by atoms with Crippen molar-refractivity contribution in [2.75, 3.05) is 0 Å². The van der Waals surface area contributed by atoms with Crippen LogP contribution in [0.25, 0.3) is 0 Å². The average Bonchev–Trinajstić information content (AvgIpc) is 2.85. The smallest absolute Gasteiger partial charge is 0.490 e. The van der Waals surface area contributed by atoms with Gasteiger partial charge in [0.25, 0.3) is 0 Å². The fourth-order valence-electron chi connectivity index (χ4n) is 3.66. The minimum atomic E-state index is -0.825. The number of rotatable bonds is 3. The van der Waals surface area contributed by atoms with E-state index in [-0.39, 0.29) is 17.3 Å². The fourth-order valence-corrected chi connectivity index (χ4v) is 3.66. The summed E-state index contributed by atoms with van der Waals surface area (Å²) in [5.74, 6) is -0.811. The number of ether oxygens (including phenoxy) is 1. The predicted octanol–water partition coefficient (Wildman–Crippen LogP) is 4.20. The third-order valence-corrected chi connectivity index (χ3v) is 6.09. The van der Waals surface area contributed by atoms with Gasteiger partial charge in [-0.05, 0) is 75.3 Å². The molecule has 1 atom stereocenters. The molecule has 0 aliphatic carbocycles. The Hall–Kier alpha value is -1.92. The Morgan fingerprint density at radius 2 is 1.68 bits per heavy atom. The lowest BCUT2D eigenvalue weighted by atomic mass is 9.77. The van der Waals surface area contributed by atoms with Crippen molar-refractivity contribution in [1.29, 1.82) is 0 Å². The van der Waals surface area contributed by atoms with Gasteiger partial charge in [-0.3, -0.25) is 0 Å². The first-order chi connectivity index (χ1) is 13.1. The number of benzene rings is 2. The number of aryl methyl sites for hydroxylation is 1. The van der Waals surface area contributed by atoms with Gasteiger partial charge in [0.2, 0.25) is 0 Å². The largest absolute Gasteiger partial charge is 0.494 e. The zero-order valence-corrected chi connectivity index (χ0v) is 16.7. The highest BCUT2D eigenvalue weighted by Gasteiger charge is 2.51. The van der Waals surface area contributed by atoms with E-state index in [1.54, 1.807) is 6.07 Å². The second-order valence-corrected chi connectivity index (χ2v) is 8.69. The summed E-state index contributed by atoms with van der Waals surface area (Å²) in [5, 5.41) is 0. The monoisotopic (exact) mass is 386 g/mol. The molecule has 0 spiro atoms. The Morgan fingerprint density at radius 1 is 0.964 bits per heavy atom. The van der Waals surface area contributed by atoms with Gasteiger partial charge >= 0.3 is 7.12 Å². The summed E-state index contributed by atoms with van der Waals surface area (Å²) in [5.41, 5.74) is 2.09. The van der Waals surface area contributed by atoms with Crippen LogP contribution >= 0.6 is 0 Å².